The van der Waals surface area contributed by atoms with Crippen molar-refractivity contribution in [3.8, 4) is 0 Å². The highest BCUT2D eigenvalue weighted by Crippen LogP contribution is 2.33. The molecule has 0 bridgehead atoms. The zero-order valence-corrected chi connectivity index (χ0v) is 12.3. The van der Waals surface area contributed by atoms with Crippen LogP contribution in [-0.2, 0) is 0 Å². The lowest BCUT2D eigenvalue weighted by atomic mass is 9.98. The molecule has 1 N–H and O–H groups in total. The second kappa shape index (κ2) is 5.23. The number of hydrogen-bond acceptors (Lipinski definition) is 5. The van der Waals surface area contributed by atoms with Gasteiger partial charge in [0.1, 0.15) is 10.6 Å². The summed E-state index contributed by atoms with van der Waals surface area (Å²) in [5.74, 6) is 1.36. The molecule has 0 atom stereocenters. The number of nitrogens with zero attached hydrogens (tertiary/aromatic N) is 3. The normalized spacial score (nSPS) is 17.3. The molecule has 0 radical (unpaired) electrons. The van der Waals surface area contributed by atoms with Crippen LogP contribution in [-0.4, -0.2) is 34.8 Å². The number of aryl methyl sites for hydroxylation is 1. The molecule has 102 valence electrons. The van der Waals surface area contributed by atoms with Gasteiger partial charge < -0.3 is 10.0 Å². The minimum Gasteiger partial charge on any atom is -0.396 e. The summed E-state index contributed by atoms with van der Waals surface area (Å²) in [6.07, 6.45) is 2.01. The molecule has 3 heterocycles. The van der Waals surface area contributed by atoms with Crippen molar-refractivity contribution in [1.82, 2.24) is 9.97 Å². The standard InChI is InChI=1S/C13H16ClN3OS/c1-8-6-10-11(15-13(14)16-12(10)19-8)17-4-2-9(7-18)3-5-17/h6,9,18H,2-5,7H2,1H3. The number of aliphatic hydroxyl groups is 1. The molecule has 2 aromatic rings. The number of hydrogen-bond donors (Lipinski definition) is 1. The van der Waals surface area contributed by atoms with Crippen LogP contribution in [0.5, 0.6) is 0 Å². The molecule has 19 heavy (non-hydrogen) atoms. The van der Waals surface area contributed by atoms with E-state index in [1.165, 1.54) is 4.88 Å². The number of aliphatic hydroxyl groups excluding tert-OH is 1. The zero-order valence-electron chi connectivity index (χ0n) is 10.8. The summed E-state index contributed by atoms with van der Waals surface area (Å²) in [5, 5.41) is 10.6. The van der Waals surface area contributed by atoms with E-state index in [2.05, 4.69) is 27.9 Å². The zero-order chi connectivity index (χ0) is 13.4. The third-order valence-corrected chi connectivity index (χ3v) is 4.75. The van der Waals surface area contributed by atoms with Gasteiger partial charge in [0.2, 0.25) is 5.28 Å². The van der Waals surface area contributed by atoms with Crippen molar-refractivity contribution in [3.63, 3.8) is 0 Å². The van der Waals surface area contributed by atoms with Gasteiger partial charge in [-0.2, -0.15) is 4.98 Å². The van der Waals surface area contributed by atoms with Crippen molar-refractivity contribution in [2.45, 2.75) is 19.8 Å². The summed E-state index contributed by atoms with van der Waals surface area (Å²) in [6.45, 7) is 4.19. The van der Waals surface area contributed by atoms with Crippen molar-refractivity contribution < 1.29 is 5.11 Å². The second-order valence-corrected chi connectivity index (χ2v) is 6.58. The van der Waals surface area contributed by atoms with Crippen molar-refractivity contribution in [2.75, 3.05) is 24.6 Å². The van der Waals surface area contributed by atoms with Crippen molar-refractivity contribution in [2.24, 2.45) is 5.92 Å². The quantitative estimate of drug-likeness (QED) is 0.866. The Morgan fingerprint density at radius 1 is 1.42 bits per heavy atom. The van der Waals surface area contributed by atoms with Gasteiger partial charge in [-0.15, -0.1) is 11.3 Å². The maximum atomic E-state index is 9.20. The van der Waals surface area contributed by atoms with Gasteiger partial charge in [-0.25, -0.2) is 4.98 Å². The summed E-state index contributed by atoms with van der Waals surface area (Å²) in [7, 11) is 0. The van der Waals surface area contributed by atoms with E-state index in [0.717, 1.165) is 42.0 Å². The van der Waals surface area contributed by atoms with E-state index in [1.54, 1.807) is 11.3 Å². The van der Waals surface area contributed by atoms with Crippen LogP contribution in [0.3, 0.4) is 0 Å². The highest BCUT2D eigenvalue weighted by molar-refractivity contribution is 7.18. The van der Waals surface area contributed by atoms with Crippen LogP contribution in [0.1, 0.15) is 17.7 Å². The van der Waals surface area contributed by atoms with Crippen LogP contribution in [0.2, 0.25) is 5.28 Å². The first-order valence-corrected chi connectivity index (χ1v) is 7.66. The van der Waals surface area contributed by atoms with E-state index in [0.29, 0.717) is 11.2 Å². The Morgan fingerprint density at radius 3 is 2.84 bits per heavy atom. The molecule has 2 aromatic heterocycles. The molecule has 1 aliphatic heterocycles. The van der Waals surface area contributed by atoms with Crippen LogP contribution in [0.4, 0.5) is 5.82 Å². The fraction of sp³-hybridized carbons (Fsp3) is 0.538. The van der Waals surface area contributed by atoms with E-state index in [1.807, 2.05) is 0 Å². The Labute approximate surface area is 121 Å². The van der Waals surface area contributed by atoms with Crippen molar-refractivity contribution in [3.05, 3.63) is 16.2 Å². The highest BCUT2D eigenvalue weighted by Gasteiger charge is 2.22. The average Bonchev–Trinajstić information content (AvgIpc) is 2.78. The molecule has 3 rings (SSSR count). The molecular weight excluding hydrogens is 282 g/mol. The topological polar surface area (TPSA) is 49.2 Å². The van der Waals surface area contributed by atoms with Crippen molar-refractivity contribution >= 4 is 39.0 Å². The molecule has 0 amide bonds. The Morgan fingerprint density at radius 2 is 2.16 bits per heavy atom. The smallest absolute Gasteiger partial charge is 0.225 e. The largest absolute Gasteiger partial charge is 0.396 e. The minimum absolute atomic E-state index is 0.283. The fourth-order valence-electron chi connectivity index (χ4n) is 2.57. The number of thiophene rings is 1. The molecule has 0 saturated carbocycles. The minimum atomic E-state index is 0.283. The first-order valence-electron chi connectivity index (χ1n) is 6.47. The Bertz CT molecular complexity index is 593. The molecular formula is C13H16ClN3OS. The molecule has 1 fully saturated rings. The number of aromatic nitrogens is 2. The predicted octanol–water partition coefficient (Wildman–Crippen LogP) is 2.86. The molecule has 1 saturated heterocycles. The van der Waals surface area contributed by atoms with E-state index >= 15 is 0 Å². The Kier molecular flexibility index (Phi) is 3.60. The first-order chi connectivity index (χ1) is 9.17. The van der Waals surface area contributed by atoms with Crippen LogP contribution < -0.4 is 4.90 Å². The molecule has 0 spiro atoms. The summed E-state index contributed by atoms with van der Waals surface area (Å²) < 4.78 is 0. The fourth-order valence-corrected chi connectivity index (χ4v) is 3.66. The second-order valence-electron chi connectivity index (χ2n) is 5.01. The van der Waals surface area contributed by atoms with Crippen LogP contribution in [0.25, 0.3) is 10.2 Å². The third-order valence-electron chi connectivity index (χ3n) is 3.64. The van der Waals surface area contributed by atoms with Crippen LogP contribution in [0.15, 0.2) is 6.07 Å². The van der Waals surface area contributed by atoms with Gasteiger partial charge in [-0.1, -0.05) is 0 Å². The van der Waals surface area contributed by atoms with Crippen LogP contribution in [0, 0.1) is 12.8 Å². The van der Waals surface area contributed by atoms with Gasteiger partial charge in [0.15, 0.2) is 0 Å². The summed E-state index contributed by atoms with van der Waals surface area (Å²) >= 11 is 7.67. The lowest BCUT2D eigenvalue weighted by Gasteiger charge is -2.32. The van der Waals surface area contributed by atoms with Gasteiger partial charge in [0.05, 0.1) is 5.39 Å². The van der Waals surface area contributed by atoms with E-state index in [4.69, 9.17) is 11.6 Å². The summed E-state index contributed by atoms with van der Waals surface area (Å²) in [6, 6.07) is 2.13. The molecule has 0 aliphatic carbocycles. The van der Waals surface area contributed by atoms with Gasteiger partial charge in [0, 0.05) is 24.6 Å². The number of halogens is 1. The maximum Gasteiger partial charge on any atom is 0.225 e. The molecule has 1 aliphatic rings. The molecule has 0 unspecified atom stereocenters. The van der Waals surface area contributed by atoms with E-state index in [9.17, 15) is 5.11 Å². The summed E-state index contributed by atoms with van der Waals surface area (Å²) in [5.41, 5.74) is 0. The summed E-state index contributed by atoms with van der Waals surface area (Å²) in [4.78, 5) is 13.1. The van der Waals surface area contributed by atoms with Crippen molar-refractivity contribution in [1.29, 1.82) is 0 Å². The lowest BCUT2D eigenvalue weighted by molar-refractivity contribution is 0.203. The highest BCUT2D eigenvalue weighted by atomic mass is 35.5. The molecule has 4 nitrogen and oxygen atoms in total. The van der Waals surface area contributed by atoms with Gasteiger partial charge in [-0.3, -0.25) is 0 Å². The Balaban J connectivity index is 1.96. The number of anilines is 1. The average molecular weight is 298 g/mol. The van der Waals surface area contributed by atoms with Gasteiger partial charge in [0.25, 0.3) is 0 Å². The monoisotopic (exact) mass is 297 g/mol. The lowest BCUT2D eigenvalue weighted by Crippen LogP contribution is -2.35. The maximum absolute atomic E-state index is 9.20. The first kappa shape index (κ1) is 13.1. The predicted molar refractivity (Wildman–Crippen MR) is 79.2 cm³/mol. The Hall–Kier alpha value is -0.910. The van der Waals surface area contributed by atoms with Gasteiger partial charge >= 0.3 is 0 Å². The van der Waals surface area contributed by atoms with Crippen LogP contribution >= 0.6 is 22.9 Å². The number of fused-ring (bicyclic) bond motifs is 1. The SMILES string of the molecule is Cc1cc2c(N3CCC(CO)CC3)nc(Cl)nc2s1. The van der Waals surface area contributed by atoms with Gasteiger partial charge in [-0.05, 0) is 43.4 Å². The third kappa shape index (κ3) is 2.55. The van der Waals surface area contributed by atoms with E-state index < -0.39 is 0 Å². The molecule has 0 aromatic carbocycles. The van der Waals surface area contributed by atoms with E-state index in [-0.39, 0.29) is 6.61 Å². The number of rotatable bonds is 2. The number of piperidine rings is 1. The molecule has 6 heteroatoms.